The van der Waals surface area contributed by atoms with E-state index in [0.717, 1.165) is 12.5 Å². The molecule has 1 heterocycles. The topological polar surface area (TPSA) is 120 Å². The van der Waals surface area contributed by atoms with Crippen molar-refractivity contribution in [3.63, 3.8) is 0 Å². The Morgan fingerprint density at radius 1 is 1.11 bits per heavy atom. The molecule has 3 rings (SSSR count). The molecule has 0 unspecified atom stereocenters. The third-order valence-corrected chi connectivity index (χ3v) is 4.08. The normalized spacial score (nSPS) is 13.8. The van der Waals surface area contributed by atoms with Crippen LogP contribution in [0.5, 0.6) is 11.5 Å². The molecule has 2 aromatic carbocycles. The number of hydrogen-bond donors (Lipinski definition) is 2. The monoisotopic (exact) mass is 385 g/mol. The van der Waals surface area contributed by atoms with E-state index >= 15 is 0 Å². The number of benzene rings is 2. The molecule has 0 aromatic heterocycles. The van der Waals surface area contributed by atoms with Crippen LogP contribution in [0.2, 0.25) is 0 Å². The minimum Gasteiger partial charge on any atom is -0.490 e. The summed E-state index contributed by atoms with van der Waals surface area (Å²) >= 11 is 0. The fourth-order valence-corrected chi connectivity index (χ4v) is 2.60. The number of nitrogens with one attached hydrogen (secondary N) is 2. The van der Waals surface area contributed by atoms with E-state index in [1.54, 1.807) is 18.2 Å². The zero-order valence-corrected chi connectivity index (χ0v) is 15.1. The van der Waals surface area contributed by atoms with Crippen molar-refractivity contribution in [1.82, 2.24) is 5.32 Å². The number of nitro groups is 1. The molecule has 1 aliphatic heterocycles. The van der Waals surface area contributed by atoms with Crippen molar-refractivity contribution < 1.29 is 24.0 Å². The summed E-state index contributed by atoms with van der Waals surface area (Å²) in [5, 5.41) is 16.0. The summed E-state index contributed by atoms with van der Waals surface area (Å²) in [6.45, 7) is 2.62. The lowest BCUT2D eigenvalue weighted by molar-refractivity contribution is -0.384. The second-order valence-electron chi connectivity index (χ2n) is 6.20. The quantitative estimate of drug-likeness (QED) is 0.603. The Labute approximate surface area is 160 Å². The van der Waals surface area contributed by atoms with Crippen LogP contribution in [-0.2, 0) is 4.79 Å². The van der Waals surface area contributed by atoms with Crippen molar-refractivity contribution in [2.45, 2.75) is 19.4 Å². The molecule has 2 N–H and O–H groups in total. The third-order valence-electron chi connectivity index (χ3n) is 4.08. The van der Waals surface area contributed by atoms with Crippen LogP contribution in [0.25, 0.3) is 0 Å². The van der Waals surface area contributed by atoms with E-state index in [4.69, 9.17) is 9.47 Å². The van der Waals surface area contributed by atoms with Crippen molar-refractivity contribution in [2.75, 3.05) is 18.5 Å². The molecule has 0 aliphatic carbocycles. The lowest BCUT2D eigenvalue weighted by Gasteiger charge is -2.15. The van der Waals surface area contributed by atoms with Crippen molar-refractivity contribution in [3.05, 3.63) is 58.1 Å². The van der Waals surface area contributed by atoms with Gasteiger partial charge in [-0.05, 0) is 25.1 Å². The summed E-state index contributed by atoms with van der Waals surface area (Å²) in [5.41, 5.74) is 0.409. The number of ether oxygens (including phenoxy) is 2. The first-order valence-corrected chi connectivity index (χ1v) is 8.70. The van der Waals surface area contributed by atoms with Crippen LogP contribution in [-0.4, -0.2) is 36.0 Å². The summed E-state index contributed by atoms with van der Waals surface area (Å²) < 4.78 is 11.1. The van der Waals surface area contributed by atoms with Gasteiger partial charge in [-0.2, -0.15) is 0 Å². The molecular formula is C19H19N3O6. The van der Waals surface area contributed by atoms with Gasteiger partial charge in [0.15, 0.2) is 11.5 Å². The molecule has 146 valence electrons. The Kier molecular flexibility index (Phi) is 5.73. The predicted molar refractivity (Wildman–Crippen MR) is 101 cm³/mol. The van der Waals surface area contributed by atoms with Crippen LogP contribution in [0, 0.1) is 10.1 Å². The highest BCUT2D eigenvalue weighted by atomic mass is 16.6. The largest absolute Gasteiger partial charge is 0.490 e. The van der Waals surface area contributed by atoms with Crippen LogP contribution in [0.4, 0.5) is 11.4 Å². The number of fused-ring (bicyclic) bond motifs is 1. The van der Waals surface area contributed by atoms with Crippen LogP contribution >= 0.6 is 0 Å². The van der Waals surface area contributed by atoms with E-state index in [1.165, 1.54) is 25.1 Å². The Bertz CT molecular complexity index is 914. The van der Waals surface area contributed by atoms with Gasteiger partial charge in [-0.25, -0.2) is 0 Å². The van der Waals surface area contributed by atoms with Gasteiger partial charge in [0, 0.05) is 35.9 Å². The Hall–Kier alpha value is -3.62. The van der Waals surface area contributed by atoms with Gasteiger partial charge < -0.3 is 20.1 Å². The SMILES string of the molecule is C[C@@H](NC(=O)c1cccc([N+](=O)[O-])c1)C(=O)Nc1ccc2c(c1)OCCCO2. The Balaban J connectivity index is 1.63. The second kappa shape index (κ2) is 8.38. The molecule has 9 nitrogen and oxygen atoms in total. The second-order valence-corrected chi connectivity index (χ2v) is 6.20. The van der Waals surface area contributed by atoms with E-state index in [-0.39, 0.29) is 11.3 Å². The van der Waals surface area contributed by atoms with E-state index in [0.29, 0.717) is 30.4 Å². The molecule has 9 heteroatoms. The number of anilines is 1. The van der Waals surface area contributed by atoms with Gasteiger partial charge in [-0.15, -0.1) is 0 Å². The van der Waals surface area contributed by atoms with Crippen molar-refractivity contribution in [1.29, 1.82) is 0 Å². The first-order chi connectivity index (χ1) is 13.4. The predicted octanol–water partition coefficient (Wildman–Crippen LogP) is 2.51. The molecule has 0 bridgehead atoms. The highest BCUT2D eigenvalue weighted by molar-refractivity contribution is 6.01. The van der Waals surface area contributed by atoms with Crippen LogP contribution in [0.3, 0.4) is 0 Å². The van der Waals surface area contributed by atoms with Crippen molar-refractivity contribution in [3.8, 4) is 11.5 Å². The standard InChI is InChI=1S/C19H19N3O6/c1-12(20-19(24)13-4-2-5-15(10-13)22(25)26)18(23)21-14-6-7-16-17(11-14)28-9-3-8-27-16/h2,4-7,10-12H,3,8-9H2,1H3,(H,20,24)(H,21,23)/t12-/m1/s1. The molecule has 28 heavy (non-hydrogen) atoms. The number of non-ortho nitro benzene ring substituents is 1. The Morgan fingerprint density at radius 2 is 1.86 bits per heavy atom. The molecule has 0 saturated heterocycles. The molecule has 0 spiro atoms. The molecule has 0 fully saturated rings. The summed E-state index contributed by atoms with van der Waals surface area (Å²) in [4.78, 5) is 34.9. The summed E-state index contributed by atoms with van der Waals surface area (Å²) in [5.74, 6) is 0.143. The van der Waals surface area contributed by atoms with Crippen LogP contribution in [0.1, 0.15) is 23.7 Å². The van der Waals surface area contributed by atoms with E-state index in [9.17, 15) is 19.7 Å². The first-order valence-electron chi connectivity index (χ1n) is 8.70. The average Bonchev–Trinajstić information content (AvgIpc) is 2.92. The van der Waals surface area contributed by atoms with Gasteiger partial charge in [0.2, 0.25) is 5.91 Å². The number of carbonyl (C=O) groups is 2. The number of carbonyl (C=O) groups excluding carboxylic acids is 2. The fourth-order valence-electron chi connectivity index (χ4n) is 2.60. The minimum absolute atomic E-state index is 0.101. The Morgan fingerprint density at radius 3 is 2.61 bits per heavy atom. The van der Waals surface area contributed by atoms with Gasteiger partial charge >= 0.3 is 0 Å². The molecule has 1 aliphatic rings. The zero-order chi connectivity index (χ0) is 20.1. The first kappa shape index (κ1) is 19.2. The maximum Gasteiger partial charge on any atom is 0.270 e. The lowest BCUT2D eigenvalue weighted by Crippen LogP contribution is -2.41. The average molecular weight is 385 g/mol. The number of nitro benzene ring substituents is 1. The number of hydrogen-bond acceptors (Lipinski definition) is 6. The highest BCUT2D eigenvalue weighted by Gasteiger charge is 2.19. The molecular weight excluding hydrogens is 366 g/mol. The number of rotatable bonds is 5. The maximum absolute atomic E-state index is 12.4. The van der Waals surface area contributed by atoms with Gasteiger partial charge in [-0.3, -0.25) is 19.7 Å². The molecule has 0 radical (unpaired) electrons. The lowest BCUT2D eigenvalue weighted by atomic mass is 10.1. The molecule has 2 amide bonds. The van der Waals surface area contributed by atoms with Crippen molar-refractivity contribution >= 4 is 23.2 Å². The van der Waals surface area contributed by atoms with E-state index < -0.39 is 22.8 Å². The van der Waals surface area contributed by atoms with Crippen LogP contribution < -0.4 is 20.1 Å². The zero-order valence-electron chi connectivity index (χ0n) is 15.1. The van der Waals surface area contributed by atoms with Gasteiger partial charge in [-0.1, -0.05) is 6.07 Å². The summed E-state index contributed by atoms with van der Waals surface area (Å²) in [6, 6.07) is 9.49. The fraction of sp³-hybridized carbons (Fsp3) is 0.263. The smallest absolute Gasteiger partial charge is 0.270 e. The molecule has 2 aromatic rings. The highest BCUT2D eigenvalue weighted by Crippen LogP contribution is 2.32. The van der Waals surface area contributed by atoms with Gasteiger partial charge in [0.1, 0.15) is 6.04 Å². The van der Waals surface area contributed by atoms with E-state index in [1.807, 2.05) is 0 Å². The van der Waals surface area contributed by atoms with Crippen molar-refractivity contribution in [2.24, 2.45) is 0 Å². The summed E-state index contributed by atoms with van der Waals surface area (Å²) in [6.07, 6.45) is 0.775. The third kappa shape index (κ3) is 4.56. The number of nitrogens with zero attached hydrogens (tertiary/aromatic N) is 1. The van der Waals surface area contributed by atoms with E-state index in [2.05, 4.69) is 10.6 Å². The minimum atomic E-state index is -0.859. The molecule has 0 saturated carbocycles. The van der Waals surface area contributed by atoms with Crippen LogP contribution in [0.15, 0.2) is 42.5 Å². The maximum atomic E-state index is 12.4. The van der Waals surface area contributed by atoms with Gasteiger partial charge in [0.25, 0.3) is 11.6 Å². The van der Waals surface area contributed by atoms with Gasteiger partial charge in [0.05, 0.1) is 18.1 Å². The summed E-state index contributed by atoms with van der Waals surface area (Å²) in [7, 11) is 0. The number of amides is 2. The molecule has 1 atom stereocenters.